The Morgan fingerprint density at radius 2 is 1.85 bits per heavy atom. The number of nitrogens with one attached hydrogen (secondary N) is 2. The predicted octanol–water partition coefficient (Wildman–Crippen LogP) is 0.727. The van der Waals surface area contributed by atoms with Crippen LogP contribution in [0.2, 0.25) is 0 Å². The fourth-order valence-corrected chi connectivity index (χ4v) is 2.43. The van der Waals surface area contributed by atoms with E-state index in [1.165, 1.54) is 45.2 Å². The van der Waals surface area contributed by atoms with Gasteiger partial charge < -0.3 is 5.32 Å². The monoisotopic (exact) mass is 183 g/mol. The molecule has 0 unspecified atom stereocenters. The van der Waals surface area contributed by atoms with Crippen molar-refractivity contribution in [2.24, 2.45) is 0 Å². The molecule has 0 amide bonds. The van der Waals surface area contributed by atoms with E-state index < -0.39 is 0 Å². The van der Waals surface area contributed by atoms with E-state index in [2.05, 4.69) is 22.8 Å². The van der Waals surface area contributed by atoms with E-state index in [4.69, 9.17) is 0 Å². The van der Waals surface area contributed by atoms with Gasteiger partial charge >= 0.3 is 0 Å². The molecule has 1 heterocycles. The quantitative estimate of drug-likeness (QED) is 0.675. The molecule has 2 fully saturated rings. The molecule has 1 aliphatic carbocycles. The lowest BCUT2D eigenvalue weighted by molar-refractivity contribution is 0.194. The van der Waals surface area contributed by atoms with Crippen molar-refractivity contribution in [3.63, 3.8) is 0 Å². The zero-order valence-corrected chi connectivity index (χ0v) is 8.55. The third-order valence-electron chi connectivity index (χ3n) is 3.32. The van der Waals surface area contributed by atoms with Gasteiger partial charge in [-0.1, -0.05) is 12.8 Å². The van der Waals surface area contributed by atoms with Crippen molar-refractivity contribution in [3.8, 4) is 0 Å². The molecule has 2 rings (SSSR count). The minimum atomic E-state index is 0.703. The molecule has 2 N–H and O–H groups in total. The average Bonchev–Trinajstić information content (AvgIpc) is 2.76. The summed E-state index contributed by atoms with van der Waals surface area (Å²) in [5.74, 6) is 0. The highest BCUT2D eigenvalue weighted by Gasteiger charge is 2.24. The highest BCUT2D eigenvalue weighted by molar-refractivity contribution is 4.80. The molecular weight excluding hydrogens is 162 g/mol. The van der Waals surface area contributed by atoms with Gasteiger partial charge in [0.2, 0.25) is 0 Å². The van der Waals surface area contributed by atoms with Crippen LogP contribution >= 0.6 is 0 Å². The molecule has 76 valence electrons. The van der Waals surface area contributed by atoms with Crippen molar-refractivity contribution in [2.45, 2.75) is 44.2 Å². The molecule has 0 aromatic rings. The van der Waals surface area contributed by atoms with Crippen molar-refractivity contribution in [1.29, 1.82) is 0 Å². The Hall–Kier alpha value is -0.120. The molecule has 2 aliphatic rings. The maximum atomic E-state index is 3.64. The van der Waals surface area contributed by atoms with Crippen LogP contribution in [0.1, 0.15) is 32.1 Å². The smallest absolute Gasteiger partial charge is 0.0285 e. The average molecular weight is 183 g/mol. The second-order valence-electron chi connectivity index (χ2n) is 4.33. The summed E-state index contributed by atoms with van der Waals surface area (Å²) in [5, 5.41) is 5.74. The van der Waals surface area contributed by atoms with Crippen molar-refractivity contribution < 1.29 is 0 Å². The zero-order valence-electron chi connectivity index (χ0n) is 8.55. The van der Waals surface area contributed by atoms with Crippen LogP contribution in [0.4, 0.5) is 0 Å². The Morgan fingerprint density at radius 3 is 2.46 bits per heavy atom. The lowest BCUT2D eigenvalue weighted by Gasteiger charge is -2.22. The molecule has 1 aliphatic heterocycles. The van der Waals surface area contributed by atoms with Gasteiger partial charge in [0.1, 0.15) is 0 Å². The summed E-state index contributed by atoms with van der Waals surface area (Å²) in [4.78, 5) is 0. The Balaban J connectivity index is 1.70. The summed E-state index contributed by atoms with van der Waals surface area (Å²) < 4.78 is 0. The SMILES string of the molecule is CN[C@@H]1CCN(NC2CCCC2)C1. The second kappa shape index (κ2) is 4.40. The van der Waals surface area contributed by atoms with E-state index in [0.717, 1.165) is 6.04 Å². The van der Waals surface area contributed by atoms with Gasteiger partial charge in [-0.15, -0.1) is 0 Å². The van der Waals surface area contributed by atoms with Crippen LogP contribution in [0.25, 0.3) is 0 Å². The van der Waals surface area contributed by atoms with E-state index in [9.17, 15) is 0 Å². The van der Waals surface area contributed by atoms with Crippen molar-refractivity contribution in [1.82, 2.24) is 15.8 Å². The van der Waals surface area contributed by atoms with Crippen LogP contribution in [-0.2, 0) is 0 Å². The zero-order chi connectivity index (χ0) is 9.10. The third-order valence-corrected chi connectivity index (χ3v) is 3.32. The highest BCUT2D eigenvalue weighted by atomic mass is 15.5. The van der Waals surface area contributed by atoms with E-state index in [1.54, 1.807) is 0 Å². The van der Waals surface area contributed by atoms with Gasteiger partial charge in [0, 0.05) is 25.2 Å². The van der Waals surface area contributed by atoms with Crippen molar-refractivity contribution in [3.05, 3.63) is 0 Å². The van der Waals surface area contributed by atoms with Gasteiger partial charge in [-0.3, -0.25) is 5.43 Å². The summed E-state index contributed by atoms with van der Waals surface area (Å²) in [6, 6.07) is 1.48. The van der Waals surface area contributed by atoms with Gasteiger partial charge in [-0.25, -0.2) is 5.01 Å². The first-order valence-corrected chi connectivity index (χ1v) is 5.57. The first-order chi connectivity index (χ1) is 6.38. The lowest BCUT2D eigenvalue weighted by atomic mass is 10.3. The van der Waals surface area contributed by atoms with Crippen LogP contribution < -0.4 is 10.7 Å². The van der Waals surface area contributed by atoms with Gasteiger partial charge in [-0.05, 0) is 26.3 Å². The van der Waals surface area contributed by atoms with Gasteiger partial charge in [0.15, 0.2) is 0 Å². The van der Waals surface area contributed by atoms with E-state index >= 15 is 0 Å². The van der Waals surface area contributed by atoms with Crippen LogP contribution in [0.3, 0.4) is 0 Å². The number of likely N-dealkylation sites (N-methyl/N-ethyl adjacent to an activating group) is 1. The fraction of sp³-hybridized carbons (Fsp3) is 1.00. The topological polar surface area (TPSA) is 27.3 Å². The van der Waals surface area contributed by atoms with Crippen LogP contribution in [0, 0.1) is 0 Å². The molecule has 1 saturated heterocycles. The lowest BCUT2D eigenvalue weighted by Crippen LogP contribution is -2.43. The highest BCUT2D eigenvalue weighted by Crippen LogP contribution is 2.19. The summed E-state index contributed by atoms with van der Waals surface area (Å²) in [6.07, 6.45) is 6.87. The summed E-state index contributed by atoms with van der Waals surface area (Å²) >= 11 is 0. The number of hydrogen-bond acceptors (Lipinski definition) is 3. The van der Waals surface area contributed by atoms with Gasteiger partial charge in [0.05, 0.1) is 0 Å². The molecule has 0 radical (unpaired) electrons. The normalized spacial score (nSPS) is 31.6. The van der Waals surface area contributed by atoms with E-state index in [1.807, 2.05) is 0 Å². The van der Waals surface area contributed by atoms with Crippen molar-refractivity contribution in [2.75, 3.05) is 20.1 Å². The standard InChI is InChI=1S/C10H21N3/c1-11-10-6-7-13(8-10)12-9-4-2-3-5-9/h9-12H,2-8H2,1H3/t10-/m1/s1. The molecule has 1 atom stereocenters. The van der Waals surface area contributed by atoms with E-state index in [0.29, 0.717) is 6.04 Å². The first-order valence-electron chi connectivity index (χ1n) is 5.57. The summed E-state index contributed by atoms with van der Waals surface area (Å²) in [6.45, 7) is 2.38. The Labute approximate surface area is 80.8 Å². The molecule has 0 spiro atoms. The number of nitrogens with zero attached hydrogens (tertiary/aromatic N) is 1. The van der Waals surface area contributed by atoms with Crippen LogP contribution in [0.5, 0.6) is 0 Å². The molecule has 0 aromatic heterocycles. The summed E-state index contributed by atoms with van der Waals surface area (Å²) in [7, 11) is 2.06. The molecule has 1 saturated carbocycles. The Kier molecular flexibility index (Phi) is 3.19. The molecule has 3 heteroatoms. The Morgan fingerprint density at radius 1 is 1.08 bits per heavy atom. The third kappa shape index (κ3) is 2.42. The first kappa shape index (κ1) is 9.44. The minimum absolute atomic E-state index is 0.703. The minimum Gasteiger partial charge on any atom is -0.316 e. The molecule has 13 heavy (non-hydrogen) atoms. The van der Waals surface area contributed by atoms with Gasteiger partial charge in [0.25, 0.3) is 0 Å². The van der Waals surface area contributed by atoms with E-state index in [-0.39, 0.29) is 0 Å². The van der Waals surface area contributed by atoms with Crippen LogP contribution in [-0.4, -0.2) is 37.2 Å². The largest absolute Gasteiger partial charge is 0.316 e. The van der Waals surface area contributed by atoms with Crippen molar-refractivity contribution >= 4 is 0 Å². The predicted molar refractivity (Wildman–Crippen MR) is 54.4 cm³/mol. The molecule has 0 bridgehead atoms. The maximum absolute atomic E-state index is 3.64. The molecular formula is C10H21N3. The fourth-order valence-electron chi connectivity index (χ4n) is 2.43. The van der Waals surface area contributed by atoms with Crippen LogP contribution in [0.15, 0.2) is 0 Å². The maximum Gasteiger partial charge on any atom is 0.0285 e. The number of rotatable bonds is 3. The Bertz CT molecular complexity index is 154. The molecule has 3 nitrogen and oxygen atoms in total. The summed E-state index contributed by atoms with van der Waals surface area (Å²) in [5.41, 5.74) is 3.64. The number of hydrazine groups is 1. The second-order valence-corrected chi connectivity index (χ2v) is 4.33. The number of hydrogen-bond donors (Lipinski definition) is 2. The van der Waals surface area contributed by atoms with Gasteiger partial charge in [-0.2, -0.15) is 0 Å². The molecule has 0 aromatic carbocycles.